The lowest BCUT2D eigenvalue weighted by Crippen LogP contribution is -2.00. The number of nitriles is 1. The summed E-state index contributed by atoms with van der Waals surface area (Å²) in [6.07, 6.45) is 7.21. The van der Waals surface area contributed by atoms with E-state index in [1.54, 1.807) is 12.1 Å². The molecule has 0 amide bonds. The number of halogens is 1. The molecule has 1 rings (SSSR count). The SMILES string of the molecule is CCCCCCCCOc1ccc(C(=O)Cl)c(C#N)c1. The highest BCUT2D eigenvalue weighted by molar-refractivity contribution is 6.68. The Morgan fingerprint density at radius 1 is 1.25 bits per heavy atom. The smallest absolute Gasteiger partial charge is 0.253 e. The van der Waals surface area contributed by atoms with Gasteiger partial charge in [0.25, 0.3) is 5.24 Å². The number of hydrogen-bond acceptors (Lipinski definition) is 3. The highest BCUT2D eigenvalue weighted by Gasteiger charge is 2.09. The van der Waals surface area contributed by atoms with Crippen LogP contribution in [0.2, 0.25) is 0 Å². The summed E-state index contributed by atoms with van der Waals surface area (Å²) in [5.41, 5.74) is 0.478. The van der Waals surface area contributed by atoms with E-state index in [-0.39, 0.29) is 11.1 Å². The molecule has 0 N–H and O–H groups in total. The van der Waals surface area contributed by atoms with Gasteiger partial charge in [0.2, 0.25) is 0 Å². The Morgan fingerprint density at radius 2 is 1.95 bits per heavy atom. The third kappa shape index (κ3) is 5.63. The Balaban J connectivity index is 2.38. The summed E-state index contributed by atoms with van der Waals surface area (Å²) in [6.45, 7) is 2.83. The van der Waals surface area contributed by atoms with Crippen molar-refractivity contribution in [1.82, 2.24) is 0 Å². The Morgan fingerprint density at radius 3 is 2.60 bits per heavy atom. The van der Waals surface area contributed by atoms with Gasteiger partial charge in [0.1, 0.15) is 11.8 Å². The van der Waals surface area contributed by atoms with Gasteiger partial charge in [-0.1, -0.05) is 39.0 Å². The molecule has 0 atom stereocenters. The molecule has 0 radical (unpaired) electrons. The summed E-state index contributed by atoms with van der Waals surface area (Å²) in [7, 11) is 0. The number of rotatable bonds is 9. The first kappa shape index (κ1) is 16.5. The van der Waals surface area contributed by atoms with Gasteiger partial charge in [0, 0.05) is 0 Å². The zero-order chi connectivity index (χ0) is 14.8. The Kier molecular flexibility index (Phi) is 7.75. The zero-order valence-electron chi connectivity index (χ0n) is 11.8. The second kappa shape index (κ2) is 9.39. The van der Waals surface area contributed by atoms with E-state index in [1.165, 1.54) is 31.7 Å². The Bertz CT molecular complexity index is 480. The van der Waals surface area contributed by atoms with Crippen LogP contribution in [-0.4, -0.2) is 11.8 Å². The van der Waals surface area contributed by atoms with E-state index in [0.29, 0.717) is 12.4 Å². The van der Waals surface area contributed by atoms with Crippen LogP contribution in [0.3, 0.4) is 0 Å². The van der Waals surface area contributed by atoms with Crippen molar-refractivity contribution in [3.63, 3.8) is 0 Å². The lowest BCUT2D eigenvalue weighted by molar-refractivity contribution is 0.108. The third-order valence-corrected chi connectivity index (χ3v) is 3.29. The maximum atomic E-state index is 11.1. The fourth-order valence-electron chi connectivity index (χ4n) is 1.95. The van der Waals surface area contributed by atoms with Gasteiger partial charge in [0.15, 0.2) is 0 Å². The zero-order valence-corrected chi connectivity index (χ0v) is 12.6. The van der Waals surface area contributed by atoms with Gasteiger partial charge in [-0.2, -0.15) is 5.26 Å². The molecule has 0 aromatic heterocycles. The number of ether oxygens (including phenoxy) is 1. The van der Waals surface area contributed by atoms with Crippen LogP contribution < -0.4 is 4.74 Å². The van der Waals surface area contributed by atoms with Gasteiger partial charge >= 0.3 is 0 Å². The predicted molar refractivity (Wildman–Crippen MR) is 80.2 cm³/mol. The van der Waals surface area contributed by atoms with E-state index in [1.807, 2.05) is 6.07 Å². The van der Waals surface area contributed by atoms with Crippen molar-refractivity contribution in [2.45, 2.75) is 45.4 Å². The largest absolute Gasteiger partial charge is 0.494 e. The van der Waals surface area contributed by atoms with Crippen LogP contribution in [0.4, 0.5) is 0 Å². The van der Waals surface area contributed by atoms with Crippen molar-refractivity contribution in [2.24, 2.45) is 0 Å². The molecular formula is C16H20ClNO2. The monoisotopic (exact) mass is 293 g/mol. The van der Waals surface area contributed by atoms with E-state index < -0.39 is 5.24 Å². The minimum absolute atomic E-state index is 0.223. The molecule has 0 saturated carbocycles. The van der Waals surface area contributed by atoms with E-state index >= 15 is 0 Å². The lowest BCUT2D eigenvalue weighted by atomic mass is 10.1. The molecule has 0 fully saturated rings. The first-order valence-corrected chi connectivity index (χ1v) is 7.43. The average Bonchev–Trinajstić information content (AvgIpc) is 2.45. The average molecular weight is 294 g/mol. The highest BCUT2D eigenvalue weighted by atomic mass is 35.5. The summed E-state index contributed by atoms with van der Waals surface area (Å²) >= 11 is 5.40. The fraction of sp³-hybridized carbons (Fsp3) is 0.500. The molecule has 0 heterocycles. The molecule has 0 saturated heterocycles. The molecule has 1 aromatic rings. The third-order valence-electron chi connectivity index (χ3n) is 3.09. The molecule has 4 heteroatoms. The van der Waals surface area contributed by atoms with E-state index in [4.69, 9.17) is 21.6 Å². The normalized spacial score (nSPS) is 10.1. The van der Waals surface area contributed by atoms with Crippen LogP contribution in [0, 0.1) is 11.3 Å². The van der Waals surface area contributed by atoms with Crippen LogP contribution in [-0.2, 0) is 0 Å². The maximum absolute atomic E-state index is 11.1. The highest BCUT2D eigenvalue weighted by Crippen LogP contribution is 2.19. The molecule has 0 aliphatic heterocycles. The molecule has 0 unspecified atom stereocenters. The predicted octanol–water partition coefficient (Wildman–Crippen LogP) is 4.68. The molecule has 0 aliphatic carbocycles. The van der Waals surface area contributed by atoms with Gasteiger partial charge in [0.05, 0.1) is 17.7 Å². The van der Waals surface area contributed by atoms with Crippen molar-refractivity contribution in [2.75, 3.05) is 6.61 Å². The van der Waals surface area contributed by atoms with Crippen molar-refractivity contribution in [1.29, 1.82) is 5.26 Å². The molecule has 3 nitrogen and oxygen atoms in total. The lowest BCUT2D eigenvalue weighted by Gasteiger charge is -2.07. The topological polar surface area (TPSA) is 50.1 Å². The van der Waals surface area contributed by atoms with Crippen LogP contribution in [0.1, 0.15) is 61.4 Å². The van der Waals surface area contributed by atoms with Gasteiger partial charge in [-0.3, -0.25) is 4.79 Å². The van der Waals surface area contributed by atoms with E-state index in [0.717, 1.165) is 12.8 Å². The number of nitrogens with zero attached hydrogens (tertiary/aromatic N) is 1. The standard InChI is InChI=1S/C16H20ClNO2/c1-2-3-4-5-6-7-10-20-14-8-9-15(16(17)19)13(11-14)12-18/h8-9,11H,2-7,10H2,1H3. The number of carbonyl (C=O) groups excluding carboxylic acids is 1. The van der Waals surface area contributed by atoms with Crippen molar-refractivity contribution >= 4 is 16.8 Å². The fourth-order valence-corrected chi connectivity index (χ4v) is 2.11. The second-order valence-corrected chi connectivity index (χ2v) is 5.05. The molecular weight excluding hydrogens is 274 g/mol. The van der Waals surface area contributed by atoms with Gasteiger partial charge in [-0.15, -0.1) is 0 Å². The van der Waals surface area contributed by atoms with Crippen LogP contribution >= 0.6 is 11.6 Å². The number of unbranched alkanes of at least 4 members (excludes halogenated alkanes) is 5. The number of carbonyl (C=O) groups is 1. The van der Waals surface area contributed by atoms with Crippen LogP contribution in [0.5, 0.6) is 5.75 Å². The first-order chi connectivity index (χ1) is 9.69. The van der Waals surface area contributed by atoms with Crippen molar-refractivity contribution in [3.8, 4) is 11.8 Å². The molecule has 0 spiro atoms. The quantitative estimate of drug-likeness (QED) is 0.491. The molecule has 1 aromatic carbocycles. The maximum Gasteiger partial charge on any atom is 0.253 e. The molecule has 20 heavy (non-hydrogen) atoms. The number of benzene rings is 1. The van der Waals surface area contributed by atoms with Crippen LogP contribution in [0.15, 0.2) is 18.2 Å². The number of hydrogen-bond donors (Lipinski definition) is 0. The van der Waals surface area contributed by atoms with Crippen molar-refractivity contribution in [3.05, 3.63) is 29.3 Å². The minimum Gasteiger partial charge on any atom is -0.494 e. The van der Waals surface area contributed by atoms with Gasteiger partial charge in [-0.25, -0.2) is 0 Å². The Labute approximate surface area is 125 Å². The summed E-state index contributed by atoms with van der Waals surface area (Å²) in [5, 5.41) is 8.35. The summed E-state index contributed by atoms with van der Waals surface area (Å²) in [4.78, 5) is 11.1. The Hall–Kier alpha value is -1.53. The van der Waals surface area contributed by atoms with Crippen LogP contribution in [0.25, 0.3) is 0 Å². The second-order valence-electron chi connectivity index (χ2n) is 4.71. The molecule has 108 valence electrons. The summed E-state index contributed by atoms with van der Waals surface area (Å²) in [6, 6.07) is 6.73. The van der Waals surface area contributed by atoms with Gasteiger partial charge < -0.3 is 4.74 Å². The molecule has 0 bridgehead atoms. The van der Waals surface area contributed by atoms with E-state index in [9.17, 15) is 4.79 Å². The van der Waals surface area contributed by atoms with Crippen molar-refractivity contribution < 1.29 is 9.53 Å². The molecule has 0 aliphatic rings. The first-order valence-electron chi connectivity index (χ1n) is 7.05. The summed E-state index contributed by atoms with van der Waals surface area (Å²) in [5.74, 6) is 0.608. The van der Waals surface area contributed by atoms with Gasteiger partial charge in [-0.05, 0) is 36.2 Å². The van der Waals surface area contributed by atoms with E-state index in [2.05, 4.69) is 6.92 Å². The summed E-state index contributed by atoms with van der Waals surface area (Å²) < 4.78 is 5.58. The minimum atomic E-state index is -0.621.